The Morgan fingerprint density at radius 2 is 1.34 bits per heavy atom. The van der Waals surface area contributed by atoms with Gasteiger partial charge in [0.1, 0.15) is 11.5 Å². The molecule has 0 aliphatic heterocycles. The van der Waals surface area contributed by atoms with Gasteiger partial charge in [-0.1, -0.05) is 30.3 Å². The van der Waals surface area contributed by atoms with Gasteiger partial charge in [0, 0.05) is 6.54 Å². The third-order valence-electron chi connectivity index (χ3n) is 5.19. The number of primary sulfonamides is 1. The molecule has 0 unspecified atom stereocenters. The van der Waals surface area contributed by atoms with Gasteiger partial charge in [-0.2, -0.15) is 4.31 Å². The molecule has 3 rings (SSSR count). The Labute approximate surface area is 220 Å². The highest BCUT2D eigenvalue weighted by atomic mass is 32.2. The molecule has 0 radical (unpaired) electrons. The second-order valence-electron chi connectivity index (χ2n) is 7.98. The average Bonchev–Trinajstić information content (AvgIpc) is 2.89. The molecule has 202 valence electrons. The first-order chi connectivity index (χ1) is 18.0. The van der Waals surface area contributed by atoms with E-state index in [-0.39, 0.29) is 16.3 Å². The zero-order chi connectivity index (χ0) is 27.8. The number of rotatable bonds is 12. The fourth-order valence-corrected chi connectivity index (χ4v) is 5.15. The molecule has 0 aromatic heterocycles. The highest BCUT2D eigenvalue weighted by Gasteiger charge is 2.28. The van der Waals surface area contributed by atoms with Gasteiger partial charge in [0.25, 0.3) is 5.91 Å². The lowest BCUT2D eigenvalue weighted by atomic mass is 10.1. The molecule has 3 aromatic rings. The summed E-state index contributed by atoms with van der Waals surface area (Å²) in [5, 5.41) is 16.5. The topological polar surface area (TPSA) is 185 Å². The van der Waals surface area contributed by atoms with E-state index in [1.807, 2.05) is 6.07 Å². The van der Waals surface area contributed by atoms with E-state index in [1.54, 1.807) is 36.4 Å². The largest absolute Gasteiger partial charge is 0.457 e. The van der Waals surface area contributed by atoms with Crippen molar-refractivity contribution >= 4 is 31.9 Å². The minimum absolute atomic E-state index is 0.0482. The molecule has 2 amide bonds. The Morgan fingerprint density at radius 3 is 1.92 bits per heavy atom. The molecule has 12 nitrogen and oxygen atoms in total. The monoisotopic (exact) mass is 562 g/mol. The maximum Gasteiger partial charge on any atom is 0.258 e. The SMILES string of the molecule is NS(=O)(=O)c1ccc(CCNC(=O)CN(CC(=O)NO)S(=O)(=O)c2ccc(Oc3ccccc3)cc2)cc1. The number of hydroxylamine groups is 1. The Kier molecular flexibility index (Phi) is 9.55. The van der Waals surface area contributed by atoms with Gasteiger partial charge in [-0.3, -0.25) is 14.8 Å². The van der Waals surface area contributed by atoms with Crippen molar-refractivity contribution in [3.05, 3.63) is 84.4 Å². The summed E-state index contributed by atoms with van der Waals surface area (Å²) in [4.78, 5) is 24.0. The van der Waals surface area contributed by atoms with E-state index in [0.29, 0.717) is 27.8 Å². The molecular formula is C24H26N4O8S2. The predicted octanol–water partition coefficient (Wildman–Crippen LogP) is 0.981. The van der Waals surface area contributed by atoms with E-state index < -0.39 is 45.0 Å². The van der Waals surface area contributed by atoms with Crippen molar-refractivity contribution in [1.82, 2.24) is 15.1 Å². The number of carbonyl (C=O) groups excluding carboxylic acids is 2. The van der Waals surface area contributed by atoms with Crippen LogP contribution in [0.2, 0.25) is 0 Å². The molecule has 0 atom stereocenters. The first-order valence-electron chi connectivity index (χ1n) is 11.1. The third kappa shape index (κ3) is 8.09. The van der Waals surface area contributed by atoms with Crippen molar-refractivity contribution in [3.8, 4) is 11.5 Å². The molecule has 0 fully saturated rings. The fraction of sp³-hybridized carbons (Fsp3) is 0.167. The molecular weight excluding hydrogens is 536 g/mol. The van der Waals surface area contributed by atoms with Gasteiger partial charge in [-0.05, 0) is 60.5 Å². The molecule has 0 aliphatic rings. The van der Waals surface area contributed by atoms with Gasteiger partial charge in [-0.25, -0.2) is 27.5 Å². The summed E-state index contributed by atoms with van der Waals surface area (Å²) in [5.41, 5.74) is 2.07. The van der Waals surface area contributed by atoms with Crippen molar-refractivity contribution in [1.29, 1.82) is 0 Å². The van der Waals surface area contributed by atoms with Gasteiger partial charge < -0.3 is 10.1 Å². The van der Waals surface area contributed by atoms with Crippen LogP contribution in [0.3, 0.4) is 0 Å². The number of nitrogens with zero attached hydrogens (tertiary/aromatic N) is 1. The number of sulfonamides is 2. The van der Waals surface area contributed by atoms with E-state index in [9.17, 15) is 26.4 Å². The molecule has 0 spiro atoms. The van der Waals surface area contributed by atoms with Crippen LogP contribution in [0.1, 0.15) is 5.56 Å². The van der Waals surface area contributed by atoms with Crippen LogP contribution in [-0.2, 0) is 36.1 Å². The van der Waals surface area contributed by atoms with Gasteiger partial charge in [0.2, 0.25) is 26.0 Å². The quantitative estimate of drug-likeness (QED) is 0.186. The van der Waals surface area contributed by atoms with Crippen molar-refractivity contribution in [2.45, 2.75) is 16.2 Å². The second kappa shape index (κ2) is 12.6. The van der Waals surface area contributed by atoms with Crippen molar-refractivity contribution in [2.75, 3.05) is 19.6 Å². The second-order valence-corrected chi connectivity index (χ2v) is 11.5. The van der Waals surface area contributed by atoms with Crippen molar-refractivity contribution in [3.63, 3.8) is 0 Å². The summed E-state index contributed by atoms with van der Waals surface area (Å²) >= 11 is 0. The van der Waals surface area contributed by atoms with Gasteiger partial charge in [0.05, 0.1) is 22.9 Å². The Bertz CT molecular complexity index is 1460. The van der Waals surface area contributed by atoms with E-state index in [1.165, 1.54) is 41.9 Å². The minimum Gasteiger partial charge on any atom is -0.457 e. The lowest BCUT2D eigenvalue weighted by molar-refractivity contribution is -0.129. The number of para-hydroxylation sites is 1. The Hall–Kier alpha value is -3.82. The Balaban J connectivity index is 1.65. The minimum atomic E-state index is -4.31. The maximum absolute atomic E-state index is 13.2. The van der Waals surface area contributed by atoms with E-state index in [4.69, 9.17) is 15.1 Å². The van der Waals surface area contributed by atoms with Crippen LogP contribution in [0, 0.1) is 0 Å². The lowest BCUT2D eigenvalue weighted by Crippen LogP contribution is -2.45. The molecule has 0 saturated carbocycles. The first kappa shape index (κ1) is 28.7. The van der Waals surface area contributed by atoms with Crippen LogP contribution >= 0.6 is 0 Å². The zero-order valence-corrected chi connectivity index (χ0v) is 21.6. The van der Waals surface area contributed by atoms with Gasteiger partial charge in [0.15, 0.2) is 0 Å². The first-order valence-corrected chi connectivity index (χ1v) is 14.1. The van der Waals surface area contributed by atoms with Crippen LogP contribution in [0.5, 0.6) is 11.5 Å². The average molecular weight is 563 g/mol. The van der Waals surface area contributed by atoms with E-state index in [0.717, 1.165) is 0 Å². The molecule has 3 aromatic carbocycles. The zero-order valence-electron chi connectivity index (χ0n) is 20.0. The third-order valence-corrected chi connectivity index (χ3v) is 7.93. The van der Waals surface area contributed by atoms with Gasteiger partial charge in [-0.15, -0.1) is 0 Å². The highest BCUT2D eigenvalue weighted by molar-refractivity contribution is 7.89. The number of hydrogen-bond acceptors (Lipinski definition) is 8. The normalized spacial score (nSPS) is 11.7. The predicted molar refractivity (Wildman–Crippen MR) is 136 cm³/mol. The van der Waals surface area contributed by atoms with Crippen molar-refractivity contribution in [2.24, 2.45) is 5.14 Å². The summed E-state index contributed by atoms with van der Waals surface area (Å²) in [5.74, 6) is -0.782. The molecule has 14 heteroatoms. The number of ether oxygens (including phenoxy) is 1. The van der Waals surface area contributed by atoms with Crippen LogP contribution in [-0.4, -0.2) is 57.8 Å². The molecule has 0 saturated heterocycles. The maximum atomic E-state index is 13.2. The number of carbonyl (C=O) groups is 2. The Morgan fingerprint density at radius 1 is 0.789 bits per heavy atom. The molecule has 0 bridgehead atoms. The summed E-state index contributed by atoms with van der Waals surface area (Å²) in [7, 11) is -8.13. The number of nitrogens with two attached hydrogens (primary N) is 1. The van der Waals surface area contributed by atoms with E-state index in [2.05, 4.69) is 5.32 Å². The molecule has 0 aliphatic carbocycles. The number of hydrogen-bond donors (Lipinski definition) is 4. The van der Waals surface area contributed by atoms with Crippen LogP contribution in [0.15, 0.2) is 88.7 Å². The molecule has 38 heavy (non-hydrogen) atoms. The van der Waals surface area contributed by atoms with Crippen LogP contribution in [0.25, 0.3) is 0 Å². The fourth-order valence-electron chi connectivity index (χ4n) is 3.28. The van der Waals surface area contributed by atoms with Crippen LogP contribution in [0.4, 0.5) is 0 Å². The summed E-state index contributed by atoms with van der Waals surface area (Å²) < 4.78 is 55.3. The van der Waals surface area contributed by atoms with Gasteiger partial charge >= 0.3 is 0 Å². The summed E-state index contributed by atoms with van der Waals surface area (Å²) in [6, 6.07) is 20.0. The number of nitrogens with one attached hydrogen (secondary N) is 2. The number of benzene rings is 3. The standard InChI is InChI=1S/C24H26N4O8S2/c25-37(32,33)21-10-6-18(7-11-21)14-15-26-23(29)16-28(17-24(30)27-31)38(34,35)22-12-8-20(9-13-22)36-19-4-2-1-3-5-19/h1-13,31H,14-17H2,(H,26,29)(H,27,30)(H2,25,32,33). The van der Waals surface area contributed by atoms with E-state index >= 15 is 0 Å². The van der Waals surface area contributed by atoms with Crippen molar-refractivity contribution < 1.29 is 36.4 Å². The summed E-state index contributed by atoms with van der Waals surface area (Å²) in [6.45, 7) is -1.38. The molecule has 5 N–H and O–H groups in total. The highest BCUT2D eigenvalue weighted by Crippen LogP contribution is 2.24. The lowest BCUT2D eigenvalue weighted by Gasteiger charge is -2.21. The number of amides is 2. The van der Waals surface area contributed by atoms with Crippen LogP contribution < -0.4 is 20.7 Å². The molecule has 0 heterocycles. The summed E-state index contributed by atoms with van der Waals surface area (Å²) in [6.07, 6.45) is 0.323. The smallest absolute Gasteiger partial charge is 0.258 e.